The molecule has 6 rings (SSSR count). The molecule has 2 aliphatic heterocycles. The Morgan fingerprint density at radius 1 is 0.976 bits per heavy atom. The summed E-state index contributed by atoms with van der Waals surface area (Å²) in [6, 6.07) is 22.0. The zero-order chi connectivity index (χ0) is 28.3. The van der Waals surface area contributed by atoms with E-state index in [0.717, 1.165) is 18.7 Å². The van der Waals surface area contributed by atoms with Crippen LogP contribution >= 0.6 is 0 Å². The van der Waals surface area contributed by atoms with Gasteiger partial charge in [0.25, 0.3) is 11.7 Å². The summed E-state index contributed by atoms with van der Waals surface area (Å²) in [5, 5.41) is 11.7. The number of carbonyl (C=O) groups is 2. The van der Waals surface area contributed by atoms with Crippen LogP contribution in [0.1, 0.15) is 28.6 Å². The number of imidazole rings is 1. The Balaban J connectivity index is 1.36. The number of rotatable bonds is 8. The van der Waals surface area contributed by atoms with Crippen molar-refractivity contribution < 1.29 is 24.2 Å². The zero-order valence-corrected chi connectivity index (χ0v) is 22.9. The maximum atomic E-state index is 13.6. The number of fused-ring (bicyclic) bond motifs is 1. The first-order chi connectivity index (χ1) is 20.0. The number of pyridine rings is 1. The molecule has 4 heterocycles. The Morgan fingerprint density at radius 3 is 2.46 bits per heavy atom. The highest BCUT2D eigenvalue weighted by Gasteiger charge is 2.46. The lowest BCUT2D eigenvalue weighted by Gasteiger charge is -2.31. The number of ketones is 1. The number of likely N-dealkylation sites (tertiary alicyclic amines) is 1. The summed E-state index contributed by atoms with van der Waals surface area (Å²) >= 11 is 0. The van der Waals surface area contributed by atoms with Crippen molar-refractivity contribution in [1.29, 1.82) is 0 Å². The number of aliphatic hydroxyl groups is 1. The first kappa shape index (κ1) is 26.7. The van der Waals surface area contributed by atoms with E-state index in [9.17, 15) is 14.7 Å². The first-order valence-corrected chi connectivity index (χ1v) is 13.8. The number of aromatic nitrogens is 2. The topological polar surface area (TPSA) is 96.6 Å². The highest BCUT2D eigenvalue weighted by atomic mass is 16.5. The predicted molar refractivity (Wildman–Crippen MR) is 153 cm³/mol. The van der Waals surface area contributed by atoms with Crippen LogP contribution in [-0.2, 0) is 20.9 Å². The number of nitrogens with zero attached hydrogens (tertiary/aromatic N) is 4. The summed E-state index contributed by atoms with van der Waals surface area (Å²) in [5.74, 6) is -0.895. The number of Topliss-reactive ketones (excluding diaryl/α,β-unsaturated/α-hetero) is 1. The molecule has 9 heteroatoms. The monoisotopic (exact) mass is 552 g/mol. The van der Waals surface area contributed by atoms with Crippen LogP contribution in [0.3, 0.4) is 0 Å². The third-order valence-electron chi connectivity index (χ3n) is 7.67. The van der Waals surface area contributed by atoms with Gasteiger partial charge >= 0.3 is 0 Å². The van der Waals surface area contributed by atoms with E-state index in [4.69, 9.17) is 9.47 Å². The number of ether oxygens (including phenoxy) is 2. The number of amides is 1. The van der Waals surface area contributed by atoms with Crippen molar-refractivity contribution in [2.24, 2.45) is 0 Å². The lowest BCUT2D eigenvalue weighted by molar-refractivity contribution is -0.140. The minimum absolute atomic E-state index is 0.0590. The molecule has 1 amide bonds. The van der Waals surface area contributed by atoms with Gasteiger partial charge in [-0.15, -0.1) is 0 Å². The minimum Gasteiger partial charge on any atom is -0.505 e. The number of carbonyl (C=O) groups excluding carboxylic acids is 2. The van der Waals surface area contributed by atoms with Gasteiger partial charge in [0, 0.05) is 32.4 Å². The molecule has 1 atom stereocenters. The van der Waals surface area contributed by atoms with Gasteiger partial charge in [-0.05, 0) is 42.3 Å². The predicted octanol–water partition coefficient (Wildman–Crippen LogP) is 3.98. The number of aliphatic hydroxyl groups excluding tert-OH is 1. The molecule has 210 valence electrons. The normalized spacial score (nSPS) is 19.2. The van der Waals surface area contributed by atoms with E-state index in [1.165, 1.54) is 0 Å². The lowest BCUT2D eigenvalue weighted by Crippen LogP contribution is -2.42. The maximum Gasteiger partial charge on any atom is 0.295 e. The second-order valence-electron chi connectivity index (χ2n) is 10.3. The standard InChI is InChI=1S/C32H32N4O5/c1-22-28(35-14-6-5-9-26(35)33-22)30(37)27-29(36(32(39)31(27)38)16-15-34-17-19-40-20-18-34)24-10-12-25(13-11-24)41-21-23-7-3-2-4-8-23/h2-14,29,37H,15-21H2,1H3/b30-27+. The fraction of sp³-hybridized carbons (Fsp3) is 0.281. The first-order valence-electron chi connectivity index (χ1n) is 13.8. The third kappa shape index (κ3) is 5.33. The Bertz CT molecular complexity index is 1590. The molecule has 0 radical (unpaired) electrons. The second kappa shape index (κ2) is 11.6. The molecule has 0 aliphatic carbocycles. The molecule has 0 spiro atoms. The molecular weight excluding hydrogens is 520 g/mol. The van der Waals surface area contributed by atoms with E-state index >= 15 is 0 Å². The van der Waals surface area contributed by atoms with Crippen LogP contribution < -0.4 is 4.74 Å². The van der Waals surface area contributed by atoms with E-state index in [2.05, 4.69) is 9.88 Å². The Morgan fingerprint density at radius 2 is 1.71 bits per heavy atom. The molecule has 2 aromatic heterocycles. The van der Waals surface area contributed by atoms with Crippen LogP contribution in [0.4, 0.5) is 0 Å². The lowest BCUT2D eigenvalue weighted by atomic mass is 9.96. The molecule has 2 aliphatic rings. The Kier molecular flexibility index (Phi) is 7.54. The summed E-state index contributed by atoms with van der Waals surface area (Å²) in [6.07, 6.45) is 1.78. The van der Waals surface area contributed by atoms with Crippen molar-refractivity contribution in [2.45, 2.75) is 19.6 Å². The quantitative estimate of drug-likeness (QED) is 0.201. The molecule has 1 unspecified atom stereocenters. The molecule has 0 bridgehead atoms. The van der Waals surface area contributed by atoms with Gasteiger partial charge in [-0.3, -0.25) is 18.9 Å². The highest BCUT2D eigenvalue weighted by Crippen LogP contribution is 2.40. The van der Waals surface area contributed by atoms with Gasteiger partial charge in [0.1, 0.15) is 23.7 Å². The number of hydrogen-bond acceptors (Lipinski definition) is 7. The van der Waals surface area contributed by atoms with Gasteiger partial charge in [-0.25, -0.2) is 4.98 Å². The van der Waals surface area contributed by atoms with Crippen molar-refractivity contribution in [3.05, 3.63) is 107 Å². The van der Waals surface area contributed by atoms with Crippen molar-refractivity contribution >= 4 is 23.1 Å². The van der Waals surface area contributed by atoms with E-state index in [1.54, 1.807) is 22.4 Å². The summed E-state index contributed by atoms with van der Waals surface area (Å²) in [7, 11) is 0. The van der Waals surface area contributed by atoms with Gasteiger partial charge in [-0.1, -0.05) is 48.5 Å². The molecule has 0 saturated carbocycles. The van der Waals surface area contributed by atoms with Gasteiger partial charge in [-0.2, -0.15) is 0 Å². The SMILES string of the molecule is Cc1nc2ccccn2c1/C(O)=C1\C(=O)C(=O)N(CCN2CCOCC2)C1c1ccc(OCc2ccccc2)cc1. The van der Waals surface area contributed by atoms with Crippen molar-refractivity contribution in [3.63, 3.8) is 0 Å². The van der Waals surface area contributed by atoms with Gasteiger partial charge < -0.3 is 19.5 Å². The fourth-order valence-corrected chi connectivity index (χ4v) is 5.54. The summed E-state index contributed by atoms with van der Waals surface area (Å²) < 4.78 is 13.2. The molecular formula is C32H32N4O5. The molecule has 9 nitrogen and oxygen atoms in total. The summed E-state index contributed by atoms with van der Waals surface area (Å²) in [5.41, 5.74) is 3.44. The minimum atomic E-state index is -0.757. The van der Waals surface area contributed by atoms with Crippen LogP contribution in [0.5, 0.6) is 5.75 Å². The third-order valence-corrected chi connectivity index (χ3v) is 7.67. The molecule has 1 N–H and O–H groups in total. The second-order valence-corrected chi connectivity index (χ2v) is 10.3. The average Bonchev–Trinajstić information content (AvgIpc) is 3.48. The van der Waals surface area contributed by atoms with Crippen LogP contribution in [-0.4, -0.2) is 75.4 Å². The van der Waals surface area contributed by atoms with E-state index in [-0.39, 0.29) is 11.3 Å². The average molecular weight is 553 g/mol. The smallest absolute Gasteiger partial charge is 0.295 e. The van der Waals surface area contributed by atoms with Crippen LogP contribution in [0.2, 0.25) is 0 Å². The molecule has 2 saturated heterocycles. The van der Waals surface area contributed by atoms with Crippen molar-refractivity contribution in [1.82, 2.24) is 19.2 Å². The number of hydrogen-bond donors (Lipinski definition) is 1. The molecule has 2 fully saturated rings. The van der Waals surface area contributed by atoms with Gasteiger partial charge in [0.2, 0.25) is 0 Å². The number of morpholine rings is 1. The van der Waals surface area contributed by atoms with Crippen molar-refractivity contribution in [3.8, 4) is 5.75 Å². The number of aryl methyl sites for hydroxylation is 1. The molecule has 4 aromatic rings. The van der Waals surface area contributed by atoms with Crippen LogP contribution in [0.25, 0.3) is 11.4 Å². The van der Waals surface area contributed by atoms with E-state index < -0.39 is 17.7 Å². The maximum absolute atomic E-state index is 13.6. The largest absolute Gasteiger partial charge is 0.505 e. The summed E-state index contributed by atoms with van der Waals surface area (Å²) in [6.45, 7) is 5.95. The van der Waals surface area contributed by atoms with Gasteiger partial charge in [0.05, 0.1) is 30.5 Å². The zero-order valence-electron chi connectivity index (χ0n) is 22.9. The molecule has 41 heavy (non-hydrogen) atoms. The van der Waals surface area contributed by atoms with Gasteiger partial charge in [0.15, 0.2) is 5.76 Å². The molecule has 2 aromatic carbocycles. The Hall–Kier alpha value is -4.47. The van der Waals surface area contributed by atoms with E-state index in [1.807, 2.05) is 72.8 Å². The van der Waals surface area contributed by atoms with Crippen LogP contribution in [0, 0.1) is 6.92 Å². The fourth-order valence-electron chi connectivity index (χ4n) is 5.54. The Labute approximate surface area is 238 Å². The number of benzene rings is 2. The highest BCUT2D eigenvalue weighted by molar-refractivity contribution is 6.46. The summed E-state index contributed by atoms with van der Waals surface area (Å²) in [4.78, 5) is 35.4. The van der Waals surface area contributed by atoms with E-state index in [0.29, 0.717) is 61.3 Å². The van der Waals surface area contributed by atoms with Crippen LogP contribution in [0.15, 0.2) is 84.6 Å². The van der Waals surface area contributed by atoms with Crippen molar-refractivity contribution in [2.75, 3.05) is 39.4 Å².